The Balaban J connectivity index is 2.12. The van der Waals surface area contributed by atoms with Gasteiger partial charge in [0.05, 0.1) is 11.0 Å². The predicted molar refractivity (Wildman–Crippen MR) is 73.4 cm³/mol. The monoisotopic (exact) mass is 271 g/mol. The van der Waals surface area contributed by atoms with Gasteiger partial charge in [-0.3, -0.25) is 14.9 Å². The van der Waals surface area contributed by atoms with E-state index in [-0.39, 0.29) is 17.9 Å². The van der Waals surface area contributed by atoms with Crippen molar-refractivity contribution in [3.05, 3.63) is 75.8 Å². The van der Waals surface area contributed by atoms with Gasteiger partial charge in [0.1, 0.15) is 0 Å². The van der Waals surface area contributed by atoms with Gasteiger partial charge in [0.25, 0.3) is 5.69 Å². The quantitative estimate of drug-likeness (QED) is 0.515. The molecule has 0 heterocycles. The summed E-state index contributed by atoms with van der Waals surface area (Å²) in [6.07, 6.45) is -1.16. The number of benzene rings is 2. The Morgan fingerprint density at radius 3 is 2.50 bits per heavy atom. The molecular formula is C15H13NO4. The molecule has 5 heteroatoms. The van der Waals surface area contributed by atoms with Gasteiger partial charge >= 0.3 is 0 Å². The van der Waals surface area contributed by atoms with E-state index in [2.05, 4.69) is 0 Å². The van der Waals surface area contributed by atoms with Gasteiger partial charge in [-0.05, 0) is 5.56 Å². The molecule has 0 spiro atoms. The van der Waals surface area contributed by atoms with Gasteiger partial charge < -0.3 is 5.11 Å². The lowest BCUT2D eigenvalue weighted by atomic mass is 10.00. The van der Waals surface area contributed by atoms with Crippen molar-refractivity contribution in [2.75, 3.05) is 0 Å². The molecule has 0 radical (unpaired) electrons. The van der Waals surface area contributed by atoms with Crippen LogP contribution >= 0.6 is 0 Å². The van der Waals surface area contributed by atoms with Crippen molar-refractivity contribution in [1.82, 2.24) is 0 Å². The number of nitrogens with zero attached hydrogens (tertiary/aromatic N) is 1. The standard InChI is InChI=1S/C15H13NO4/c17-14(11-5-2-1-3-6-11)10-15(18)12-7-4-8-13(9-12)16(19)20/h1-9,15,18H,10H2/t15-/m0/s1. The maximum Gasteiger partial charge on any atom is 0.269 e. The van der Waals surface area contributed by atoms with Gasteiger partial charge in [0.15, 0.2) is 5.78 Å². The van der Waals surface area contributed by atoms with Crippen molar-refractivity contribution >= 4 is 11.5 Å². The van der Waals surface area contributed by atoms with Crippen LogP contribution in [0.1, 0.15) is 28.4 Å². The molecule has 0 unspecified atom stereocenters. The summed E-state index contributed by atoms with van der Waals surface area (Å²) >= 11 is 0. The van der Waals surface area contributed by atoms with E-state index in [1.165, 1.54) is 18.2 Å². The fraction of sp³-hybridized carbons (Fsp3) is 0.133. The maximum absolute atomic E-state index is 12.0. The van der Waals surface area contributed by atoms with Crippen LogP contribution in [0, 0.1) is 10.1 Å². The van der Waals surface area contributed by atoms with E-state index in [0.29, 0.717) is 11.1 Å². The third kappa shape index (κ3) is 3.27. The number of hydrogen-bond acceptors (Lipinski definition) is 4. The average molecular weight is 271 g/mol. The van der Waals surface area contributed by atoms with Gasteiger partial charge in [-0.1, -0.05) is 42.5 Å². The third-order valence-electron chi connectivity index (χ3n) is 2.94. The van der Waals surface area contributed by atoms with Crippen LogP contribution in [0.3, 0.4) is 0 Å². The zero-order valence-electron chi connectivity index (χ0n) is 10.6. The number of non-ortho nitro benzene ring substituents is 1. The summed E-state index contributed by atoms with van der Waals surface area (Å²) in [7, 11) is 0. The Hall–Kier alpha value is -2.53. The van der Waals surface area contributed by atoms with Gasteiger partial charge in [-0.2, -0.15) is 0 Å². The largest absolute Gasteiger partial charge is 0.388 e. The van der Waals surface area contributed by atoms with Crippen LogP contribution in [-0.2, 0) is 0 Å². The summed E-state index contributed by atoms with van der Waals surface area (Å²) < 4.78 is 0. The van der Waals surface area contributed by atoms with Crippen molar-refractivity contribution in [1.29, 1.82) is 0 Å². The number of aliphatic hydroxyl groups excluding tert-OH is 1. The summed E-state index contributed by atoms with van der Waals surface area (Å²) in [5, 5.41) is 20.7. The molecule has 0 aromatic heterocycles. The Bertz CT molecular complexity index is 625. The highest BCUT2D eigenvalue weighted by Gasteiger charge is 2.16. The van der Waals surface area contributed by atoms with Crippen molar-refractivity contribution in [2.45, 2.75) is 12.5 Å². The number of carbonyl (C=O) groups excluding carboxylic acids is 1. The fourth-order valence-corrected chi connectivity index (χ4v) is 1.88. The van der Waals surface area contributed by atoms with Crippen molar-refractivity contribution in [3.8, 4) is 0 Å². The van der Waals surface area contributed by atoms with Gasteiger partial charge in [-0.15, -0.1) is 0 Å². The molecule has 2 rings (SSSR count). The number of carbonyl (C=O) groups is 1. The zero-order valence-corrected chi connectivity index (χ0v) is 10.6. The number of ketones is 1. The lowest BCUT2D eigenvalue weighted by Crippen LogP contribution is -2.07. The van der Waals surface area contributed by atoms with E-state index >= 15 is 0 Å². The van der Waals surface area contributed by atoms with Crippen LogP contribution in [0.5, 0.6) is 0 Å². The molecule has 0 aliphatic heterocycles. The Morgan fingerprint density at radius 2 is 1.85 bits per heavy atom. The van der Waals surface area contributed by atoms with Crippen LogP contribution in [0.2, 0.25) is 0 Å². The normalized spacial score (nSPS) is 11.8. The molecule has 2 aromatic rings. The van der Waals surface area contributed by atoms with E-state index in [9.17, 15) is 20.0 Å². The van der Waals surface area contributed by atoms with Gasteiger partial charge in [-0.25, -0.2) is 0 Å². The first-order valence-electron chi connectivity index (χ1n) is 6.08. The minimum Gasteiger partial charge on any atom is -0.388 e. The topological polar surface area (TPSA) is 80.4 Å². The summed E-state index contributed by atoms with van der Waals surface area (Å²) in [4.78, 5) is 22.1. The van der Waals surface area contributed by atoms with E-state index in [1.807, 2.05) is 0 Å². The van der Waals surface area contributed by atoms with Gasteiger partial charge in [0.2, 0.25) is 0 Å². The summed E-state index contributed by atoms with van der Waals surface area (Å²) in [5.74, 6) is -0.204. The third-order valence-corrected chi connectivity index (χ3v) is 2.94. The summed E-state index contributed by atoms with van der Waals surface area (Å²) in [5.41, 5.74) is 0.772. The number of aliphatic hydroxyl groups is 1. The molecule has 0 bridgehead atoms. The molecule has 0 saturated heterocycles. The van der Waals surface area contributed by atoms with Crippen molar-refractivity contribution in [2.24, 2.45) is 0 Å². The number of Topliss-reactive ketones (excluding diaryl/α,β-unsaturated/α-hetero) is 1. The minimum atomic E-state index is -1.05. The van der Waals surface area contributed by atoms with E-state index in [1.54, 1.807) is 36.4 Å². The molecule has 102 valence electrons. The number of rotatable bonds is 5. The van der Waals surface area contributed by atoms with Crippen molar-refractivity contribution < 1.29 is 14.8 Å². The van der Waals surface area contributed by atoms with Crippen LogP contribution in [0.25, 0.3) is 0 Å². The summed E-state index contributed by atoms with van der Waals surface area (Å²) in [6.45, 7) is 0. The first-order chi connectivity index (χ1) is 9.58. The number of nitro groups is 1. The molecule has 0 aliphatic rings. The van der Waals surface area contributed by atoms with Crippen molar-refractivity contribution in [3.63, 3.8) is 0 Å². The molecule has 0 fully saturated rings. The zero-order chi connectivity index (χ0) is 14.5. The Morgan fingerprint density at radius 1 is 1.15 bits per heavy atom. The molecule has 1 N–H and O–H groups in total. The highest BCUT2D eigenvalue weighted by Crippen LogP contribution is 2.22. The Kier molecular flexibility index (Phi) is 4.22. The summed E-state index contributed by atoms with van der Waals surface area (Å²) in [6, 6.07) is 14.3. The van der Waals surface area contributed by atoms with E-state index < -0.39 is 11.0 Å². The highest BCUT2D eigenvalue weighted by atomic mass is 16.6. The van der Waals surface area contributed by atoms with Crippen LogP contribution < -0.4 is 0 Å². The SMILES string of the molecule is O=C(C[C@H](O)c1cccc([N+](=O)[O-])c1)c1ccccc1. The molecule has 0 saturated carbocycles. The smallest absolute Gasteiger partial charge is 0.269 e. The second kappa shape index (κ2) is 6.08. The second-order valence-corrected chi connectivity index (χ2v) is 4.36. The molecule has 0 aliphatic carbocycles. The van der Waals surface area contributed by atoms with Crippen LogP contribution in [-0.4, -0.2) is 15.8 Å². The first-order valence-corrected chi connectivity index (χ1v) is 6.08. The molecular weight excluding hydrogens is 258 g/mol. The molecule has 1 atom stereocenters. The highest BCUT2D eigenvalue weighted by molar-refractivity contribution is 5.96. The fourth-order valence-electron chi connectivity index (χ4n) is 1.88. The van der Waals surface area contributed by atoms with Crippen LogP contribution in [0.15, 0.2) is 54.6 Å². The first kappa shape index (κ1) is 13.9. The number of nitro benzene ring substituents is 1. The lowest BCUT2D eigenvalue weighted by molar-refractivity contribution is -0.385. The molecule has 0 amide bonds. The van der Waals surface area contributed by atoms with E-state index in [0.717, 1.165) is 0 Å². The maximum atomic E-state index is 12.0. The van der Waals surface area contributed by atoms with Gasteiger partial charge in [0, 0.05) is 24.1 Å². The van der Waals surface area contributed by atoms with Crippen LogP contribution in [0.4, 0.5) is 5.69 Å². The second-order valence-electron chi connectivity index (χ2n) is 4.36. The molecule has 5 nitrogen and oxygen atoms in total. The minimum absolute atomic E-state index is 0.103. The number of hydrogen-bond donors (Lipinski definition) is 1. The van der Waals surface area contributed by atoms with E-state index in [4.69, 9.17) is 0 Å². The Labute approximate surface area is 115 Å². The average Bonchev–Trinajstić information content (AvgIpc) is 2.48. The predicted octanol–water partition coefficient (Wildman–Crippen LogP) is 2.90. The molecule has 2 aromatic carbocycles. The molecule has 20 heavy (non-hydrogen) atoms. The lowest BCUT2D eigenvalue weighted by Gasteiger charge is -2.10.